The van der Waals surface area contributed by atoms with Crippen molar-refractivity contribution in [3.8, 4) is 0 Å². The van der Waals surface area contributed by atoms with Gasteiger partial charge in [-0.15, -0.1) is 0 Å². The molecule has 1 aliphatic carbocycles. The summed E-state index contributed by atoms with van der Waals surface area (Å²) in [5.74, 6) is 1.30. The van der Waals surface area contributed by atoms with Crippen molar-refractivity contribution in [1.29, 1.82) is 0 Å². The third-order valence-corrected chi connectivity index (χ3v) is 3.81. The average molecular weight is 230 g/mol. The Balaban J connectivity index is 2.27. The molecule has 3 unspecified atom stereocenters. The van der Waals surface area contributed by atoms with Crippen LogP contribution in [0.3, 0.4) is 0 Å². The summed E-state index contributed by atoms with van der Waals surface area (Å²) < 4.78 is 0. The first-order valence-corrected chi connectivity index (χ1v) is 5.56. The predicted octanol–water partition coefficient (Wildman–Crippen LogP) is 3.65. The maximum Gasteiger partial charge on any atom is 0.0640 e. The first-order chi connectivity index (χ1) is 6.61. The van der Waals surface area contributed by atoms with Gasteiger partial charge in [0.1, 0.15) is 0 Å². The number of halogens is 2. The van der Waals surface area contributed by atoms with Gasteiger partial charge >= 0.3 is 0 Å². The first-order valence-electron chi connectivity index (χ1n) is 4.80. The van der Waals surface area contributed by atoms with Gasteiger partial charge in [-0.3, -0.25) is 0 Å². The van der Waals surface area contributed by atoms with Crippen molar-refractivity contribution in [2.75, 3.05) is 0 Å². The fourth-order valence-electron chi connectivity index (χ4n) is 1.86. The maximum absolute atomic E-state index is 6.12. The van der Waals surface area contributed by atoms with Crippen LogP contribution in [0.4, 0.5) is 0 Å². The first kappa shape index (κ1) is 10.3. The van der Waals surface area contributed by atoms with E-state index in [2.05, 4.69) is 6.92 Å². The van der Waals surface area contributed by atoms with E-state index in [0.717, 1.165) is 11.5 Å². The third kappa shape index (κ3) is 1.77. The molecule has 0 radical (unpaired) electrons. The van der Waals surface area contributed by atoms with Crippen LogP contribution in [0.15, 0.2) is 18.2 Å². The summed E-state index contributed by atoms with van der Waals surface area (Å²) in [7, 11) is 0. The molecule has 1 saturated carbocycles. The number of hydrogen-bond acceptors (Lipinski definition) is 1. The van der Waals surface area contributed by atoms with Crippen LogP contribution >= 0.6 is 23.2 Å². The molecule has 1 aliphatic rings. The molecule has 0 spiro atoms. The van der Waals surface area contributed by atoms with E-state index in [9.17, 15) is 0 Å². The van der Waals surface area contributed by atoms with E-state index in [0.29, 0.717) is 16.0 Å². The lowest BCUT2D eigenvalue weighted by atomic mass is 10.0. The number of benzene rings is 1. The molecule has 2 N–H and O–H groups in total. The number of hydrogen-bond donors (Lipinski definition) is 1. The molecule has 76 valence electrons. The van der Waals surface area contributed by atoms with Crippen LogP contribution in [0, 0.1) is 11.8 Å². The molecule has 1 aromatic rings. The summed E-state index contributed by atoms with van der Waals surface area (Å²) in [5, 5.41) is 1.20. The Bertz CT molecular complexity index is 351. The van der Waals surface area contributed by atoms with Crippen molar-refractivity contribution in [3.63, 3.8) is 0 Å². The lowest BCUT2D eigenvalue weighted by molar-refractivity contribution is 0.594. The molecule has 0 aliphatic heterocycles. The van der Waals surface area contributed by atoms with E-state index >= 15 is 0 Å². The zero-order valence-corrected chi connectivity index (χ0v) is 9.52. The molecular formula is C11H13Cl2N. The van der Waals surface area contributed by atoms with E-state index in [-0.39, 0.29) is 6.04 Å². The van der Waals surface area contributed by atoms with Gasteiger partial charge in [-0.25, -0.2) is 0 Å². The quantitative estimate of drug-likeness (QED) is 0.824. The maximum atomic E-state index is 6.12. The SMILES string of the molecule is CC1CC1C(N)c1cccc(Cl)c1Cl. The van der Waals surface area contributed by atoms with Crippen LogP contribution in [-0.2, 0) is 0 Å². The molecule has 14 heavy (non-hydrogen) atoms. The highest BCUT2D eigenvalue weighted by Gasteiger charge is 2.39. The summed E-state index contributed by atoms with van der Waals surface area (Å²) in [6.45, 7) is 2.21. The standard InChI is InChI=1S/C11H13Cl2N/c1-6-5-8(6)11(14)7-3-2-4-9(12)10(7)13/h2-4,6,8,11H,5,14H2,1H3. The second-order valence-corrected chi connectivity index (χ2v) is 4.83. The summed E-state index contributed by atoms with van der Waals surface area (Å²) in [6.07, 6.45) is 1.20. The van der Waals surface area contributed by atoms with Gasteiger partial charge in [0.15, 0.2) is 0 Å². The Morgan fingerprint density at radius 3 is 2.64 bits per heavy atom. The molecule has 2 rings (SSSR count). The summed E-state index contributed by atoms with van der Waals surface area (Å²) in [6, 6.07) is 5.69. The van der Waals surface area contributed by atoms with Crippen molar-refractivity contribution < 1.29 is 0 Å². The van der Waals surface area contributed by atoms with Crippen LogP contribution in [0.1, 0.15) is 24.9 Å². The Hall–Kier alpha value is -0.240. The molecule has 0 aromatic heterocycles. The molecule has 0 heterocycles. The summed E-state index contributed by atoms with van der Waals surface area (Å²) >= 11 is 12.0. The predicted molar refractivity (Wildman–Crippen MR) is 60.7 cm³/mol. The highest BCUT2D eigenvalue weighted by atomic mass is 35.5. The van der Waals surface area contributed by atoms with Crippen molar-refractivity contribution >= 4 is 23.2 Å². The lowest BCUT2D eigenvalue weighted by Crippen LogP contribution is -2.13. The molecule has 0 bridgehead atoms. The van der Waals surface area contributed by atoms with Crippen molar-refractivity contribution in [3.05, 3.63) is 33.8 Å². The van der Waals surface area contributed by atoms with Crippen molar-refractivity contribution in [2.24, 2.45) is 17.6 Å². The van der Waals surface area contributed by atoms with Gasteiger partial charge < -0.3 is 5.73 Å². The van der Waals surface area contributed by atoms with Gasteiger partial charge in [0.2, 0.25) is 0 Å². The molecule has 1 fully saturated rings. The van der Waals surface area contributed by atoms with Crippen molar-refractivity contribution in [1.82, 2.24) is 0 Å². The highest BCUT2D eigenvalue weighted by Crippen LogP contribution is 2.47. The highest BCUT2D eigenvalue weighted by molar-refractivity contribution is 6.42. The average Bonchev–Trinajstić information content (AvgIpc) is 2.87. The molecule has 0 saturated heterocycles. The zero-order valence-electron chi connectivity index (χ0n) is 8.00. The minimum absolute atomic E-state index is 0.0381. The Labute approximate surface area is 94.2 Å². The fraction of sp³-hybridized carbons (Fsp3) is 0.455. The van der Waals surface area contributed by atoms with E-state index in [1.54, 1.807) is 6.07 Å². The molecule has 3 atom stereocenters. The summed E-state index contributed by atoms with van der Waals surface area (Å²) in [5.41, 5.74) is 7.10. The number of nitrogens with two attached hydrogens (primary N) is 1. The van der Waals surface area contributed by atoms with E-state index in [4.69, 9.17) is 28.9 Å². The number of rotatable bonds is 2. The van der Waals surface area contributed by atoms with Crippen LogP contribution in [0.25, 0.3) is 0 Å². The van der Waals surface area contributed by atoms with E-state index < -0.39 is 0 Å². The molecule has 1 aromatic carbocycles. The molecule has 3 heteroatoms. The van der Waals surface area contributed by atoms with Crippen LogP contribution in [0.2, 0.25) is 10.0 Å². The third-order valence-electron chi connectivity index (χ3n) is 2.97. The van der Waals surface area contributed by atoms with Crippen LogP contribution in [0.5, 0.6) is 0 Å². The van der Waals surface area contributed by atoms with Gasteiger partial charge in [-0.1, -0.05) is 42.3 Å². The van der Waals surface area contributed by atoms with Crippen molar-refractivity contribution in [2.45, 2.75) is 19.4 Å². The minimum Gasteiger partial charge on any atom is -0.324 e. The molecule has 1 nitrogen and oxygen atoms in total. The monoisotopic (exact) mass is 229 g/mol. The van der Waals surface area contributed by atoms with Gasteiger partial charge in [-0.2, -0.15) is 0 Å². The second kappa shape index (κ2) is 3.73. The van der Waals surface area contributed by atoms with Crippen LogP contribution in [-0.4, -0.2) is 0 Å². The normalized spacial score (nSPS) is 27.4. The molecule has 0 amide bonds. The fourth-order valence-corrected chi connectivity index (χ4v) is 2.29. The van der Waals surface area contributed by atoms with Gasteiger partial charge in [0.05, 0.1) is 10.0 Å². The largest absolute Gasteiger partial charge is 0.324 e. The summed E-state index contributed by atoms with van der Waals surface area (Å²) in [4.78, 5) is 0. The lowest BCUT2D eigenvalue weighted by Gasteiger charge is -2.13. The molecular weight excluding hydrogens is 217 g/mol. The van der Waals surface area contributed by atoms with Gasteiger partial charge in [-0.05, 0) is 29.9 Å². The Morgan fingerprint density at radius 2 is 2.07 bits per heavy atom. The van der Waals surface area contributed by atoms with E-state index in [1.807, 2.05) is 12.1 Å². The Kier molecular flexibility index (Phi) is 2.74. The van der Waals surface area contributed by atoms with Gasteiger partial charge in [0, 0.05) is 6.04 Å². The smallest absolute Gasteiger partial charge is 0.0640 e. The van der Waals surface area contributed by atoms with Crippen LogP contribution < -0.4 is 5.73 Å². The topological polar surface area (TPSA) is 26.0 Å². The Morgan fingerprint density at radius 1 is 1.43 bits per heavy atom. The van der Waals surface area contributed by atoms with E-state index in [1.165, 1.54) is 6.42 Å². The minimum atomic E-state index is 0.0381. The zero-order chi connectivity index (χ0) is 10.3. The van der Waals surface area contributed by atoms with Gasteiger partial charge in [0.25, 0.3) is 0 Å². The second-order valence-electron chi connectivity index (χ2n) is 4.05.